The van der Waals surface area contributed by atoms with E-state index < -0.39 is 0 Å². The van der Waals surface area contributed by atoms with Gasteiger partial charge in [0.05, 0.1) is 6.54 Å². The minimum Gasteiger partial charge on any atom is -0.312 e. The van der Waals surface area contributed by atoms with E-state index in [0.717, 1.165) is 18.4 Å². The van der Waals surface area contributed by atoms with Gasteiger partial charge in [0, 0.05) is 11.1 Å². The van der Waals surface area contributed by atoms with Gasteiger partial charge in [-0.05, 0) is 24.5 Å². The molecule has 5 heteroatoms. The molecule has 2 aliphatic rings. The summed E-state index contributed by atoms with van der Waals surface area (Å²) in [4.78, 5) is 26.9. The summed E-state index contributed by atoms with van der Waals surface area (Å²) in [7, 11) is 0. The van der Waals surface area contributed by atoms with Crippen LogP contribution in [0.4, 0.5) is 4.79 Å². The molecule has 4 nitrogen and oxygen atoms in total. The Morgan fingerprint density at radius 2 is 1.94 bits per heavy atom. The molecule has 1 aromatic rings. The Morgan fingerprint density at radius 1 is 1.22 bits per heavy atom. The molecule has 1 aromatic carbocycles. The minimum absolute atomic E-state index is 0.133. The highest BCUT2D eigenvalue weighted by Crippen LogP contribution is 2.31. The highest BCUT2D eigenvalue weighted by molar-refractivity contribution is 6.31. The molecule has 0 N–H and O–H groups in total. The Morgan fingerprint density at radius 3 is 2.61 bits per heavy atom. The number of carbonyl (C=O) groups excluding carboxylic acids is 2. The van der Waals surface area contributed by atoms with Crippen LogP contribution in [0.15, 0.2) is 24.3 Å². The lowest BCUT2D eigenvalue weighted by Crippen LogP contribution is -2.33. The lowest BCUT2D eigenvalue weighted by molar-refractivity contribution is -0.125. The van der Waals surface area contributed by atoms with Crippen LogP contribution in [0, 0.1) is 0 Å². The summed E-state index contributed by atoms with van der Waals surface area (Å²) in [5.74, 6) is -0.133. The number of hydrogen-bond acceptors (Lipinski definition) is 2. The van der Waals surface area contributed by atoms with Crippen LogP contribution in [0.1, 0.15) is 18.4 Å². The maximum Gasteiger partial charge on any atom is 0.327 e. The van der Waals surface area contributed by atoms with Gasteiger partial charge in [-0.25, -0.2) is 4.79 Å². The first-order valence-electron chi connectivity index (χ1n) is 6.01. The molecule has 0 radical (unpaired) electrons. The third-order valence-electron chi connectivity index (χ3n) is 3.36. The summed E-state index contributed by atoms with van der Waals surface area (Å²) in [5, 5.41) is 0.586. The maximum atomic E-state index is 12.1. The molecule has 1 aliphatic carbocycles. The van der Waals surface area contributed by atoms with Crippen LogP contribution >= 0.6 is 11.6 Å². The van der Waals surface area contributed by atoms with Crippen molar-refractivity contribution in [3.05, 3.63) is 34.9 Å². The zero-order valence-electron chi connectivity index (χ0n) is 9.80. The van der Waals surface area contributed by atoms with Crippen LogP contribution in [0.3, 0.4) is 0 Å². The molecule has 1 heterocycles. The van der Waals surface area contributed by atoms with Gasteiger partial charge in [-0.2, -0.15) is 0 Å². The second-order valence-electron chi connectivity index (χ2n) is 4.71. The number of rotatable bonds is 3. The fourth-order valence-corrected chi connectivity index (χ4v) is 2.38. The van der Waals surface area contributed by atoms with Crippen molar-refractivity contribution in [2.24, 2.45) is 0 Å². The molecular weight excluding hydrogens is 252 g/mol. The summed E-state index contributed by atoms with van der Waals surface area (Å²) < 4.78 is 0. The number of imide groups is 1. The van der Waals surface area contributed by atoms with Crippen molar-refractivity contribution >= 4 is 23.5 Å². The second-order valence-corrected chi connectivity index (χ2v) is 5.12. The molecule has 0 spiro atoms. The molecular formula is C13H13ClN2O2. The average molecular weight is 265 g/mol. The van der Waals surface area contributed by atoms with Crippen molar-refractivity contribution in [3.8, 4) is 0 Å². The van der Waals surface area contributed by atoms with Gasteiger partial charge in [-0.3, -0.25) is 9.69 Å². The van der Waals surface area contributed by atoms with Gasteiger partial charge in [0.2, 0.25) is 0 Å². The smallest absolute Gasteiger partial charge is 0.312 e. The van der Waals surface area contributed by atoms with E-state index in [4.69, 9.17) is 11.6 Å². The minimum atomic E-state index is -0.178. The maximum absolute atomic E-state index is 12.1. The summed E-state index contributed by atoms with van der Waals surface area (Å²) in [5.41, 5.74) is 0.804. The molecule has 2 fully saturated rings. The predicted octanol–water partition coefficient (Wildman–Crippen LogP) is 2.27. The van der Waals surface area contributed by atoms with Crippen LogP contribution in [-0.4, -0.2) is 34.3 Å². The topological polar surface area (TPSA) is 40.6 Å². The number of amides is 3. The zero-order chi connectivity index (χ0) is 12.7. The monoisotopic (exact) mass is 264 g/mol. The largest absolute Gasteiger partial charge is 0.327 e. The normalized spacial score (nSPS) is 19.8. The molecule has 3 rings (SSSR count). The number of nitrogens with zero attached hydrogens (tertiary/aromatic N) is 2. The van der Waals surface area contributed by atoms with Crippen molar-refractivity contribution < 1.29 is 9.59 Å². The first kappa shape index (κ1) is 11.5. The third-order valence-corrected chi connectivity index (χ3v) is 3.73. The van der Waals surface area contributed by atoms with E-state index in [-0.39, 0.29) is 31.1 Å². The Labute approximate surface area is 110 Å². The van der Waals surface area contributed by atoms with Gasteiger partial charge in [-0.15, -0.1) is 0 Å². The SMILES string of the molecule is O=C1CN(C2CC2)C(=O)N1Cc1ccccc1Cl. The first-order chi connectivity index (χ1) is 8.66. The molecule has 0 unspecified atom stereocenters. The second kappa shape index (κ2) is 4.28. The van der Waals surface area contributed by atoms with E-state index in [9.17, 15) is 9.59 Å². The van der Waals surface area contributed by atoms with Crippen LogP contribution in [0.2, 0.25) is 5.02 Å². The first-order valence-corrected chi connectivity index (χ1v) is 6.39. The van der Waals surface area contributed by atoms with E-state index in [1.54, 1.807) is 11.0 Å². The predicted molar refractivity (Wildman–Crippen MR) is 67.1 cm³/mol. The number of halogens is 1. The van der Waals surface area contributed by atoms with Crippen molar-refractivity contribution in [1.29, 1.82) is 0 Å². The quantitative estimate of drug-likeness (QED) is 0.786. The Hall–Kier alpha value is -1.55. The number of urea groups is 1. The lowest BCUT2D eigenvalue weighted by atomic mass is 10.2. The fourth-order valence-electron chi connectivity index (χ4n) is 2.18. The summed E-state index contributed by atoms with van der Waals surface area (Å²) in [6, 6.07) is 7.38. The van der Waals surface area contributed by atoms with Gasteiger partial charge in [0.15, 0.2) is 0 Å². The van der Waals surface area contributed by atoms with Gasteiger partial charge in [-0.1, -0.05) is 29.8 Å². The highest BCUT2D eigenvalue weighted by atomic mass is 35.5. The van der Waals surface area contributed by atoms with Crippen molar-refractivity contribution in [2.45, 2.75) is 25.4 Å². The Kier molecular flexibility index (Phi) is 2.74. The van der Waals surface area contributed by atoms with Crippen LogP contribution < -0.4 is 0 Å². The van der Waals surface area contributed by atoms with Crippen molar-refractivity contribution in [2.75, 3.05) is 6.54 Å². The van der Waals surface area contributed by atoms with E-state index in [1.165, 1.54) is 4.90 Å². The lowest BCUT2D eigenvalue weighted by Gasteiger charge is -2.17. The molecule has 0 aromatic heterocycles. The highest BCUT2D eigenvalue weighted by Gasteiger charge is 2.43. The average Bonchev–Trinajstić information content (AvgIpc) is 3.14. The van der Waals surface area contributed by atoms with E-state index in [2.05, 4.69) is 0 Å². The molecule has 1 saturated heterocycles. The zero-order valence-corrected chi connectivity index (χ0v) is 10.6. The summed E-state index contributed by atoms with van der Waals surface area (Å²) in [6.45, 7) is 0.481. The molecule has 3 amide bonds. The number of hydrogen-bond donors (Lipinski definition) is 0. The van der Waals surface area contributed by atoms with Crippen LogP contribution in [0.25, 0.3) is 0 Å². The van der Waals surface area contributed by atoms with Crippen molar-refractivity contribution in [1.82, 2.24) is 9.80 Å². The van der Waals surface area contributed by atoms with Crippen molar-refractivity contribution in [3.63, 3.8) is 0 Å². The molecule has 18 heavy (non-hydrogen) atoms. The summed E-state index contributed by atoms with van der Waals surface area (Å²) >= 11 is 6.05. The molecule has 94 valence electrons. The number of carbonyl (C=O) groups is 2. The van der Waals surface area contributed by atoms with E-state index in [0.29, 0.717) is 5.02 Å². The molecule has 0 bridgehead atoms. The van der Waals surface area contributed by atoms with Gasteiger partial charge in [0.1, 0.15) is 6.54 Å². The van der Waals surface area contributed by atoms with Crippen LogP contribution in [-0.2, 0) is 11.3 Å². The molecule has 1 saturated carbocycles. The van der Waals surface area contributed by atoms with Gasteiger partial charge in [0.25, 0.3) is 5.91 Å². The molecule has 1 aliphatic heterocycles. The van der Waals surface area contributed by atoms with Gasteiger partial charge >= 0.3 is 6.03 Å². The van der Waals surface area contributed by atoms with Crippen LogP contribution in [0.5, 0.6) is 0 Å². The Bertz CT molecular complexity index is 513. The third kappa shape index (κ3) is 1.97. The van der Waals surface area contributed by atoms with E-state index in [1.807, 2.05) is 18.2 Å². The van der Waals surface area contributed by atoms with E-state index >= 15 is 0 Å². The summed E-state index contributed by atoms with van der Waals surface area (Å²) in [6.07, 6.45) is 2.03. The standard InChI is InChI=1S/C13H13ClN2O2/c14-11-4-2-1-3-9(11)7-16-12(17)8-15(13(16)18)10-5-6-10/h1-4,10H,5-8H2. The van der Waals surface area contributed by atoms with Gasteiger partial charge < -0.3 is 4.90 Å². The Balaban J connectivity index is 1.78. The molecule has 0 atom stereocenters. The number of benzene rings is 1. The fraction of sp³-hybridized carbons (Fsp3) is 0.385.